The topological polar surface area (TPSA) is 80.0 Å². The highest BCUT2D eigenvalue weighted by Gasteiger charge is 2.20. The number of carbonyl (C=O) groups excluding carboxylic acids is 1. The highest BCUT2D eigenvalue weighted by atomic mass is 32.1. The highest BCUT2D eigenvalue weighted by molar-refractivity contribution is 7.80. The molecular formula is C12H16N4OS. The molecule has 2 heterocycles. The van der Waals surface area contributed by atoms with Gasteiger partial charge in [-0.1, -0.05) is 12.2 Å². The molecule has 0 spiro atoms. The van der Waals surface area contributed by atoms with E-state index in [1.165, 1.54) is 0 Å². The smallest absolute Gasteiger partial charge is 0.220 e. The maximum Gasteiger partial charge on any atom is 0.220 e. The SMILES string of the molecule is Cc1cc(C(N)=S)cc(NCC2CCC(=O)N2)n1. The Bertz CT molecular complexity index is 489. The molecule has 1 atom stereocenters. The first kappa shape index (κ1) is 12.8. The van der Waals surface area contributed by atoms with Gasteiger partial charge in [0, 0.05) is 30.3 Å². The zero-order chi connectivity index (χ0) is 13.1. The van der Waals surface area contributed by atoms with Gasteiger partial charge in [0.25, 0.3) is 0 Å². The molecule has 1 amide bonds. The summed E-state index contributed by atoms with van der Waals surface area (Å²) in [4.78, 5) is 15.8. The Morgan fingerprint density at radius 1 is 1.67 bits per heavy atom. The molecule has 0 aromatic carbocycles. The Morgan fingerprint density at radius 3 is 3.06 bits per heavy atom. The monoisotopic (exact) mass is 264 g/mol. The van der Waals surface area contributed by atoms with Crippen molar-refractivity contribution in [3.05, 3.63) is 23.4 Å². The summed E-state index contributed by atoms with van der Waals surface area (Å²) < 4.78 is 0. The number of hydrogen-bond acceptors (Lipinski definition) is 4. The van der Waals surface area contributed by atoms with Crippen LogP contribution in [0.5, 0.6) is 0 Å². The quantitative estimate of drug-likeness (QED) is 0.698. The van der Waals surface area contributed by atoms with Crippen molar-refractivity contribution in [3.8, 4) is 0 Å². The molecule has 1 saturated heterocycles. The van der Waals surface area contributed by atoms with Crippen molar-refractivity contribution in [1.82, 2.24) is 10.3 Å². The molecule has 1 aromatic rings. The van der Waals surface area contributed by atoms with Gasteiger partial charge in [-0.15, -0.1) is 0 Å². The minimum Gasteiger partial charge on any atom is -0.389 e. The normalized spacial score (nSPS) is 18.5. The standard InChI is InChI=1S/C12H16N4OS/c1-7-4-8(12(13)18)5-10(15-7)14-6-9-2-3-11(17)16-9/h4-5,9H,2-3,6H2,1H3,(H2,13,18)(H,14,15)(H,16,17). The van der Waals surface area contributed by atoms with Gasteiger partial charge in [0.05, 0.1) is 0 Å². The van der Waals surface area contributed by atoms with Crippen molar-refractivity contribution >= 4 is 28.9 Å². The first-order valence-electron chi connectivity index (χ1n) is 5.86. The van der Waals surface area contributed by atoms with Crippen LogP contribution in [0.25, 0.3) is 0 Å². The van der Waals surface area contributed by atoms with Crippen molar-refractivity contribution in [2.24, 2.45) is 5.73 Å². The van der Waals surface area contributed by atoms with E-state index in [4.69, 9.17) is 18.0 Å². The average Bonchev–Trinajstić information content (AvgIpc) is 2.72. The van der Waals surface area contributed by atoms with E-state index in [1.54, 1.807) is 0 Å². The summed E-state index contributed by atoms with van der Waals surface area (Å²) in [7, 11) is 0. The van der Waals surface area contributed by atoms with E-state index in [-0.39, 0.29) is 11.9 Å². The van der Waals surface area contributed by atoms with E-state index in [0.29, 0.717) is 18.0 Å². The number of rotatable bonds is 4. The number of nitrogens with one attached hydrogen (secondary N) is 2. The van der Waals surface area contributed by atoms with Gasteiger partial charge in [-0.05, 0) is 25.5 Å². The summed E-state index contributed by atoms with van der Waals surface area (Å²) in [5, 5.41) is 6.10. The lowest BCUT2D eigenvalue weighted by molar-refractivity contribution is -0.119. The molecule has 0 saturated carbocycles. The van der Waals surface area contributed by atoms with Crippen LogP contribution in [0.1, 0.15) is 24.1 Å². The van der Waals surface area contributed by atoms with Crippen LogP contribution in [-0.2, 0) is 4.79 Å². The molecule has 0 bridgehead atoms. The summed E-state index contributed by atoms with van der Waals surface area (Å²) in [6.45, 7) is 2.56. The fourth-order valence-corrected chi connectivity index (χ4v) is 2.08. The lowest BCUT2D eigenvalue weighted by Crippen LogP contribution is -2.32. The lowest BCUT2D eigenvalue weighted by Gasteiger charge is -2.13. The number of thiocarbonyl (C=S) groups is 1. The number of nitrogens with zero attached hydrogens (tertiary/aromatic N) is 1. The first-order chi connectivity index (χ1) is 8.54. The Labute approximate surface area is 111 Å². The Balaban J connectivity index is 2.00. The minimum absolute atomic E-state index is 0.114. The number of hydrogen-bond donors (Lipinski definition) is 3. The largest absolute Gasteiger partial charge is 0.389 e. The van der Waals surface area contributed by atoms with Crippen LogP contribution in [-0.4, -0.2) is 28.5 Å². The van der Waals surface area contributed by atoms with Gasteiger partial charge in [-0.2, -0.15) is 0 Å². The molecule has 1 unspecified atom stereocenters. The number of anilines is 1. The summed E-state index contributed by atoms with van der Waals surface area (Å²) in [5.41, 5.74) is 7.27. The van der Waals surface area contributed by atoms with Crippen LogP contribution in [0.3, 0.4) is 0 Å². The molecule has 2 rings (SSSR count). The van der Waals surface area contributed by atoms with Crippen LogP contribution >= 0.6 is 12.2 Å². The lowest BCUT2D eigenvalue weighted by atomic mass is 10.2. The van der Waals surface area contributed by atoms with Crippen molar-refractivity contribution in [2.75, 3.05) is 11.9 Å². The maximum absolute atomic E-state index is 11.1. The number of pyridine rings is 1. The van der Waals surface area contributed by atoms with Gasteiger partial charge < -0.3 is 16.4 Å². The number of aromatic nitrogens is 1. The predicted octanol–water partition coefficient (Wildman–Crippen LogP) is 0.715. The van der Waals surface area contributed by atoms with E-state index in [1.807, 2.05) is 19.1 Å². The molecule has 1 aliphatic rings. The maximum atomic E-state index is 11.1. The highest BCUT2D eigenvalue weighted by Crippen LogP contribution is 2.12. The zero-order valence-electron chi connectivity index (χ0n) is 10.2. The molecular weight excluding hydrogens is 248 g/mol. The zero-order valence-corrected chi connectivity index (χ0v) is 11.0. The third-order valence-corrected chi connectivity index (χ3v) is 3.09. The van der Waals surface area contributed by atoms with Crippen LogP contribution in [0.2, 0.25) is 0 Å². The van der Waals surface area contributed by atoms with Gasteiger partial charge in [-0.3, -0.25) is 4.79 Å². The Kier molecular flexibility index (Phi) is 3.76. The summed E-state index contributed by atoms with van der Waals surface area (Å²) in [6, 6.07) is 3.85. The first-order valence-corrected chi connectivity index (χ1v) is 6.27. The fraction of sp³-hybridized carbons (Fsp3) is 0.417. The van der Waals surface area contributed by atoms with Crippen LogP contribution in [0.4, 0.5) is 5.82 Å². The molecule has 0 radical (unpaired) electrons. The Morgan fingerprint density at radius 2 is 2.44 bits per heavy atom. The second-order valence-corrected chi connectivity index (χ2v) is 4.87. The van der Waals surface area contributed by atoms with Gasteiger partial charge >= 0.3 is 0 Å². The molecule has 1 fully saturated rings. The molecule has 5 nitrogen and oxygen atoms in total. The van der Waals surface area contributed by atoms with E-state index in [9.17, 15) is 4.79 Å². The summed E-state index contributed by atoms with van der Waals surface area (Å²) in [5.74, 6) is 0.849. The van der Waals surface area contributed by atoms with Crippen LogP contribution in [0.15, 0.2) is 12.1 Å². The third-order valence-electron chi connectivity index (χ3n) is 2.85. The molecule has 1 aliphatic heterocycles. The third kappa shape index (κ3) is 3.16. The van der Waals surface area contributed by atoms with Crippen molar-refractivity contribution < 1.29 is 4.79 Å². The second kappa shape index (κ2) is 5.30. The Hall–Kier alpha value is -1.69. The van der Waals surface area contributed by atoms with Gasteiger partial charge in [0.15, 0.2) is 0 Å². The van der Waals surface area contributed by atoms with Gasteiger partial charge in [0.1, 0.15) is 10.8 Å². The number of amides is 1. The summed E-state index contributed by atoms with van der Waals surface area (Å²) >= 11 is 4.95. The van der Waals surface area contributed by atoms with Gasteiger partial charge in [-0.25, -0.2) is 4.98 Å². The van der Waals surface area contributed by atoms with Gasteiger partial charge in [0.2, 0.25) is 5.91 Å². The predicted molar refractivity (Wildman–Crippen MR) is 74.5 cm³/mol. The van der Waals surface area contributed by atoms with Crippen molar-refractivity contribution in [1.29, 1.82) is 0 Å². The van der Waals surface area contributed by atoms with Crippen molar-refractivity contribution in [2.45, 2.75) is 25.8 Å². The number of aryl methyl sites for hydroxylation is 1. The van der Waals surface area contributed by atoms with E-state index < -0.39 is 0 Å². The van der Waals surface area contributed by atoms with Crippen LogP contribution in [0, 0.1) is 6.92 Å². The summed E-state index contributed by atoms with van der Waals surface area (Å²) in [6.07, 6.45) is 1.46. The average molecular weight is 264 g/mol. The minimum atomic E-state index is 0.114. The molecule has 0 aliphatic carbocycles. The number of nitrogens with two attached hydrogens (primary N) is 1. The van der Waals surface area contributed by atoms with E-state index in [2.05, 4.69) is 15.6 Å². The second-order valence-electron chi connectivity index (χ2n) is 4.43. The molecule has 96 valence electrons. The molecule has 1 aromatic heterocycles. The van der Waals surface area contributed by atoms with Crippen LogP contribution < -0.4 is 16.4 Å². The fourth-order valence-electron chi connectivity index (χ4n) is 1.96. The number of carbonyl (C=O) groups is 1. The van der Waals surface area contributed by atoms with E-state index in [0.717, 1.165) is 23.5 Å². The molecule has 4 N–H and O–H groups in total. The van der Waals surface area contributed by atoms with Crippen molar-refractivity contribution in [3.63, 3.8) is 0 Å². The molecule has 6 heteroatoms. The molecule has 18 heavy (non-hydrogen) atoms. The van der Waals surface area contributed by atoms with E-state index >= 15 is 0 Å².